The fourth-order valence-electron chi connectivity index (χ4n) is 2.00. The second-order valence-electron chi connectivity index (χ2n) is 5.32. The predicted molar refractivity (Wildman–Crippen MR) is 88.9 cm³/mol. The highest BCUT2D eigenvalue weighted by molar-refractivity contribution is 5.73. The molecule has 1 rings (SSSR count). The number of benzene rings is 1. The van der Waals surface area contributed by atoms with Crippen LogP contribution >= 0.6 is 0 Å². The van der Waals surface area contributed by atoms with Gasteiger partial charge in [-0.3, -0.25) is 9.59 Å². The molecule has 0 bridgehead atoms. The summed E-state index contributed by atoms with van der Waals surface area (Å²) in [6, 6.07) is 6.27. The molecule has 0 amide bonds. The number of aliphatic hydroxyl groups excluding tert-OH is 1. The predicted octanol–water partition coefficient (Wildman–Crippen LogP) is 1.37. The molecule has 7 heteroatoms. The van der Waals surface area contributed by atoms with Crippen molar-refractivity contribution in [1.82, 2.24) is 5.32 Å². The molecule has 4 N–H and O–H groups in total. The van der Waals surface area contributed by atoms with Gasteiger partial charge in [0.25, 0.3) is 0 Å². The van der Waals surface area contributed by atoms with Gasteiger partial charge in [0.05, 0.1) is 0 Å². The first kappa shape index (κ1) is 19.7. The third kappa shape index (κ3) is 7.75. The molecule has 1 aromatic rings. The SMILES string of the molecule is C=Cc1ccc(OCC(O)CNC(CCCC(=O)O)C(=O)O)cc1. The van der Waals surface area contributed by atoms with E-state index in [1.54, 1.807) is 18.2 Å². The van der Waals surface area contributed by atoms with Crippen LogP contribution in [0, 0.1) is 0 Å². The molecule has 7 nitrogen and oxygen atoms in total. The Bertz CT molecular complexity index is 543. The van der Waals surface area contributed by atoms with Gasteiger partial charge in [-0.2, -0.15) is 0 Å². The van der Waals surface area contributed by atoms with Gasteiger partial charge in [0.15, 0.2) is 0 Å². The van der Waals surface area contributed by atoms with Crippen LogP contribution in [0.2, 0.25) is 0 Å². The maximum absolute atomic E-state index is 11.1. The van der Waals surface area contributed by atoms with Crippen LogP contribution in [0.3, 0.4) is 0 Å². The highest BCUT2D eigenvalue weighted by atomic mass is 16.5. The monoisotopic (exact) mass is 337 g/mol. The highest BCUT2D eigenvalue weighted by Gasteiger charge is 2.18. The second-order valence-corrected chi connectivity index (χ2v) is 5.32. The summed E-state index contributed by atoms with van der Waals surface area (Å²) in [5.41, 5.74) is 0.954. The van der Waals surface area contributed by atoms with Gasteiger partial charge in [-0.05, 0) is 30.5 Å². The zero-order valence-electron chi connectivity index (χ0n) is 13.4. The lowest BCUT2D eigenvalue weighted by Crippen LogP contribution is -2.42. The van der Waals surface area contributed by atoms with Crippen LogP contribution in [-0.2, 0) is 9.59 Å². The number of aliphatic carboxylic acids is 2. The molecule has 0 saturated carbocycles. The van der Waals surface area contributed by atoms with Gasteiger partial charge < -0.3 is 25.4 Å². The molecule has 24 heavy (non-hydrogen) atoms. The fraction of sp³-hybridized carbons (Fsp3) is 0.412. The number of aliphatic hydroxyl groups is 1. The molecule has 0 aliphatic heterocycles. The summed E-state index contributed by atoms with van der Waals surface area (Å²) in [5.74, 6) is -1.44. The summed E-state index contributed by atoms with van der Waals surface area (Å²) in [7, 11) is 0. The van der Waals surface area contributed by atoms with Crippen LogP contribution in [0.15, 0.2) is 30.8 Å². The van der Waals surface area contributed by atoms with E-state index >= 15 is 0 Å². The zero-order valence-corrected chi connectivity index (χ0v) is 13.4. The molecule has 2 atom stereocenters. The highest BCUT2D eigenvalue weighted by Crippen LogP contribution is 2.13. The van der Waals surface area contributed by atoms with E-state index in [0.29, 0.717) is 5.75 Å². The summed E-state index contributed by atoms with van der Waals surface area (Å²) in [6.07, 6.45) is 1.17. The zero-order chi connectivity index (χ0) is 17.9. The van der Waals surface area contributed by atoms with Crippen LogP contribution < -0.4 is 10.1 Å². The van der Waals surface area contributed by atoms with Crippen molar-refractivity contribution >= 4 is 18.0 Å². The first-order valence-electron chi connectivity index (χ1n) is 7.63. The molecular formula is C17H23NO6. The Kier molecular flexibility index (Phi) is 8.53. The van der Waals surface area contributed by atoms with Crippen LogP contribution in [0.1, 0.15) is 24.8 Å². The number of ether oxygens (including phenoxy) is 1. The molecule has 2 unspecified atom stereocenters. The first-order valence-corrected chi connectivity index (χ1v) is 7.63. The molecule has 0 radical (unpaired) electrons. The van der Waals surface area contributed by atoms with Gasteiger partial charge in [-0.15, -0.1) is 0 Å². The maximum atomic E-state index is 11.1. The molecule has 1 aromatic carbocycles. The Hall–Kier alpha value is -2.38. The van der Waals surface area contributed by atoms with Crippen LogP contribution in [0.5, 0.6) is 5.75 Å². The minimum Gasteiger partial charge on any atom is -0.491 e. The topological polar surface area (TPSA) is 116 Å². The maximum Gasteiger partial charge on any atom is 0.320 e. The molecule has 0 aliphatic carbocycles. The quantitative estimate of drug-likeness (QED) is 0.455. The lowest BCUT2D eigenvalue weighted by molar-refractivity contribution is -0.141. The van der Waals surface area contributed by atoms with E-state index in [-0.39, 0.29) is 32.4 Å². The second kappa shape index (κ2) is 10.4. The summed E-state index contributed by atoms with van der Waals surface area (Å²) >= 11 is 0. The van der Waals surface area contributed by atoms with Gasteiger partial charge in [0.1, 0.15) is 24.5 Å². The van der Waals surface area contributed by atoms with Crippen LogP contribution in [0.4, 0.5) is 0 Å². The molecule has 0 spiro atoms. The van der Waals surface area contributed by atoms with Crippen molar-refractivity contribution in [3.8, 4) is 5.75 Å². The van der Waals surface area contributed by atoms with E-state index in [9.17, 15) is 14.7 Å². The molecule has 0 aliphatic rings. The van der Waals surface area contributed by atoms with Crippen molar-refractivity contribution in [2.45, 2.75) is 31.4 Å². The standard InChI is InChI=1S/C17H23NO6/c1-2-12-6-8-14(9-7-12)24-11-13(19)10-18-15(17(22)23)4-3-5-16(20)21/h2,6-9,13,15,18-19H,1,3-5,10-11H2,(H,20,21)(H,22,23). The van der Waals surface area contributed by atoms with Crippen molar-refractivity contribution in [2.75, 3.05) is 13.2 Å². The molecule has 0 heterocycles. The average molecular weight is 337 g/mol. The Morgan fingerprint density at radius 3 is 2.46 bits per heavy atom. The van der Waals surface area contributed by atoms with Crippen molar-refractivity contribution in [2.24, 2.45) is 0 Å². The summed E-state index contributed by atoms with van der Waals surface area (Å²) in [5, 5.41) is 30.2. The van der Waals surface area contributed by atoms with Crippen molar-refractivity contribution in [3.63, 3.8) is 0 Å². The van der Waals surface area contributed by atoms with Gasteiger partial charge in [0, 0.05) is 13.0 Å². The fourth-order valence-corrected chi connectivity index (χ4v) is 2.00. The minimum atomic E-state index is -1.08. The average Bonchev–Trinajstić information content (AvgIpc) is 2.55. The number of rotatable bonds is 12. The van der Waals surface area contributed by atoms with Gasteiger partial charge in [-0.1, -0.05) is 24.8 Å². The number of carboxylic acids is 2. The van der Waals surface area contributed by atoms with E-state index in [1.807, 2.05) is 12.1 Å². The summed E-state index contributed by atoms with van der Waals surface area (Å²) < 4.78 is 5.42. The van der Waals surface area contributed by atoms with E-state index in [1.165, 1.54) is 0 Å². The Balaban J connectivity index is 2.33. The Morgan fingerprint density at radius 2 is 1.92 bits per heavy atom. The van der Waals surface area contributed by atoms with Crippen LogP contribution in [0.25, 0.3) is 6.08 Å². The van der Waals surface area contributed by atoms with E-state index < -0.39 is 24.1 Å². The van der Waals surface area contributed by atoms with Crippen molar-refractivity contribution in [1.29, 1.82) is 0 Å². The normalized spacial score (nSPS) is 13.0. The molecule has 0 fully saturated rings. The number of hydrogen-bond acceptors (Lipinski definition) is 5. The van der Waals surface area contributed by atoms with Crippen molar-refractivity contribution in [3.05, 3.63) is 36.4 Å². The smallest absolute Gasteiger partial charge is 0.320 e. The Labute approximate surface area is 140 Å². The summed E-state index contributed by atoms with van der Waals surface area (Å²) in [6.45, 7) is 3.70. The number of carboxylic acid groups (broad SMARTS) is 2. The number of hydrogen-bond donors (Lipinski definition) is 4. The van der Waals surface area contributed by atoms with E-state index in [4.69, 9.17) is 14.9 Å². The third-order valence-corrected chi connectivity index (χ3v) is 3.34. The van der Waals surface area contributed by atoms with Gasteiger partial charge >= 0.3 is 11.9 Å². The van der Waals surface area contributed by atoms with Crippen LogP contribution in [-0.4, -0.2) is 52.6 Å². The number of carbonyl (C=O) groups is 2. The molecule has 0 aromatic heterocycles. The van der Waals surface area contributed by atoms with Crippen molar-refractivity contribution < 1.29 is 29.6 Å². The van der Waals surface area contributed by atoms with E-state index in [2.05, 4.69) is 11.9 Å². The van der Waals surface area contributed by atoms with Gasteiger partial charge in [-0.25, -0.2) is 0 Å². The molecule has 0 saturated heterocycles. The molecular weight excluding hydrogens is 314 g/mol. The minimum absolute atomic E-state index is 0.0158. The van der Waals surface area contributed by atoms with E-state index in [0.717, 1.165) is 5.56 Å². The largest absolute Gasteiger partial charge is 0.491 e. The first-order chi connectivity index (χ1) is 11.4. The number of nitrogens with one attached hydrogen (secondary N) is 1. The lowest BCUT2D eigenvalue weighted by atomic mass is 10.1. The molecule has 132 valence electrons. The lowest BCUT2D eigenvalue weighted by Gasteiger charge is -2.17. The van der Waals surface area contributed by atoms with Gasteiger partial charge in [0.2, 0.25) is 0 Å². The summed E-state index contributed by atoms with van der Waals surface area (Å²) in [4.78, 5) is 21.5. The third-order valence-electron chi connectivity index (χ3n) is 3.34. The Morgan fingerprint density at radius 1 is 1.25 bits per heavy atom.